The summed E-state index contributed by atoms with van der Waals surface area (Å²) < 4.78 is 9.53. The van der Waals surface area contributed by atoms with Crippen LogP contribution in [-0.4, -0.2) is 49.1 Å². The Hall–Kier alpha value is -1.47. The molecule has 0 aliphatic heterocycles. The second-order valence-corrected chi connectivity index (χ2v) is 5.99. The molecule has 0 radical (unpaired) electrons. The number of thiazole rings is 1. The van der Waals surface area contributed by atoms with E-state index in [1.165, 1.54) is 25.6 Å². The molecule has 118 valence electrons. The van der Waals surface area contributed by atoms with Gasteiger partial charge in [-0.3, -0.25) is 4.79 Å². The van der Waals surface area contributed by atoms with E-state index in [1.54, 1.807) is 10.3 Å². The van der Waals surface area contributed by atoms with Crippen LogP contribution in [-0.2, 0) is 20.8 Å². The van der Waals surface area contributed by atoms with Gasteiger partial charge in [0.15, 0.2) is 5.69 Å². The number of rotatable bonds is 8. The van der Waals surface area contributed by atoms with Crippen molar-refractivity contribution in [2.45, 2.75) is 26.8 Å². The van der Waals surface area contributed by atoms with Gasteiger partial charge >= 0.3 is 5.97 Å². The van der Waals surface area contributed by atoms with Crippen LogP contribution in [0, 0.1) is 5.92 Å². The molecule has 1 heterocycles. The topological polar surface area (TPSA) is 68.7 Å². The van der Waals surface area contributed by atoms with E-state index in [4.69, 9.17) is 4.74 Å². The molecule has 0 aliphatic rings. The maximum atomic E-state index is 12.0. The van der Waals surface area contributed by atoms with Gasteiger partial charge in [0.25, 0.3) is 0 Å². The quantitative estimate of drug-likeness (QED) is 0.686. The Morgan fingerprint density at radius 1 is 1.38 bits per heavy atom. The highest BCUT2D eigenvalue weighted by Crippen LogP contribution is 2.14. The molecule has 0 aromatic carbocycles. The molecule has 6 nitrogen and oxygen atoms in total. The number of hydrogen-bond donors (Lipinski definition) is 0. The zero-order chi connectivity index (χ0) is 15.8. The Morgan fingerprint density at radius 2 is 2.10 bits per heavy atom. The summed E-state index contributed by atoms with van der Waals surface area (Å²) in [6, 6.07) is 0. The number of ether oxygens (including phenoxy) is 2. The van der Waals surface area contributed by atoms with Crippen molar-refractivity contribution in [2.24, 2.45) is 5.92 Å². The number of carbonyl (C=O) groups excluding carboxylic acids is 2. The van der Waals surface area contributed by atoms with Crippen molar-refractivity contribution >= 4 is 23.2 Å². The normalized spacial score (nSPS) is 10.7. The molecule has 7 heteroatoms. The molecule has 0 saturated heterocycles. The summed E-state index contributed by atoms with van der Waals surface area (Å²) in [5, 5.41) is 2.35. The van der Waals surface area contributed by atoms with Crippen LogP contribution >= 0.6 is 11.3 Å². The smallest absolute Gasteiger partial charge is 0.357 e. The minimum atomic E-state index is -0.463. The van der Waals surface area contributed by atoms with Gasteiger partial charge in [-0.2, -0.15) is 0 Å². The van der Waals surface area contributed by atoms with Gasteiger partial charge in [-0.05, 0) is 12.3 Å². The molecule has 0 spiro atoms. The van der Waals surface area contributed by atoms with Gasteiger partial charge < -0.3 is 14.4 Å². The maximum Gasteiger partial charge on any atom is 0.357 e. The minimum Gasteiger partial charge on any atom is -0.464 e. The SMILES string of the molecule is COCC(=O)N(CCC(C)C)Cc1nc(C(=O)OC)cs1. The summed E-state index contributed by atoms with van der Waals surface area (Å²) in [6.45, 7) is 5.30. The monoisotopic (exact) mass is 314 g/mol. The van der Waals surface area contributed by atoms with Crippen molar-refractivity contribution in [2.75, 3.05) is 27.4 Å². The Labute approximate surface area is 129 Å². The Bertz CT molecular complexity index is 473. The fraction of sp³-hybridized carbons (Fsp3) is 0.643. The number of amides is 1. The number of nitrogens with zero attached hydrogens (tertiary/aromatic N) is 2. The van der Waals surface area contributed by atoms with Gasteiger partial charge in [-0.25, -0.2) is 9.78 Å². The first-order valence-electron chi connectivity index (χ1n) is 6.77. The summed E-state index contributed by atoms with van der Waals surface area (Å²) >= 11 is 1.34. The second kappa shape index (κ2) is 8.74. The summed E-state index contributed by atoms with van der Waals surface area (Å²) in [6.07, 6.45) is 0.907. The van der Waals surface area contributed by atoms with Gasteiger partial charge in [0, 0.05) is 19.0 Å². The lowest BCUT2D eigenvalue weighted by Crippen LogP contribution is -2.34. The van der Waals surface area contributed by atoms with Gasteiger partial charge in [0.05, 0.1) is 13.7 Å². The van der Waals surface area contributed by atoms with Crippen LogP contribution in [0.5, 0.6) is 0 Å². The van der Waals surface area contributed by atoms with E-state index in [-0.39, 0.29) is 18.2 Å². The van der Waals surface area contributed by atoms with Crippen molar-refractivity contribution in [3.63, 3.8) is 0 Å². The number of hydrogen-bond acceptors (Lipinski definition) is 6. The Balaban J connectivity index is 2.72. The fourth-order valence-electron chi connectivity index (χ4n) is 1.67. The molecule has 0 atom stereocenters. The number of methoxy groups -OCH3 is 2. The lowest BCUT2D eigenvalue weighted by molar-refractivity contribution is -0.135. The number of esters is 1. The van der Waals surface area contributed by atoms with E-state index in [2.05, 4.69) is 23.6 Å². The molecule has 1 amide bonds. The number of aromatic nitrogens is 1. The summed E-state index contributed by atoms with van der Waals surface area (Å²) in [7, 11) is 2.82. The predicted molar refractivity (Wildman–Crippen MR) is 80.2 cm³/mol. The fourth-order valence-corrected chi connectivity index (χ4v) is 2.44. The average Bonchev–Trinajstić information content (AvgIpc) is 2.91. The molecule has 1 rings (SSSR count). The summed E-state index contributed by atoms with van der Waals surface area (Å²) in [5.74, 6) is -0.0350. The first kappa shape index (κ1) is 17.6. The highest BCUT2D eigenvalue weighted by molar-refractivity contribution is 7.09. The lowest BCUT2D eigenvalue weighted by atomic mass is 10.1. The molecule has 0 N–H and O–H groups in total. The molecule has 0 unspecified atom stereocenters. The standard InChI is InChI=1S/C14H22N2O4S/c1-10(2)5-6-16(13(17)8-19-3)7-12-15-11(9-21-12)14(18)20-4/h9-10H,5-8H2,1-4H3. The minimum absolute atomic E-state index is 0.0489. The second-order valence-electron chi connectivity index (χ2n) is 5.05. The van der Waals surface area contributed by atoms with E-state index < -0.39 is 5.97 Å². The lowest BCUT2D eigenvalue weighted by Gasteiger charge is -2.22. The van der Waals surface area contributed by atoms with E-state index >= 15 is 0 Å². The van der Waals surface area contributed by atoms with Crippen molar-refractivity contribution in [3.05, 3.63) is 16.1 Å². The third-order valence-corrected chi connectivity index (χ3v) is 3.70. The zero-order valence-electron chi connectivity index (χ0n) is 12.9. The van der Waals surface area contributed by atoms with Crippen LogP contribution < -0.4 is 0 Å². The van der Waals surface area contributed by atoms with Crippen LogP contribution in [0.4, 0.5) is 0 Å². The summed E-state index contributed by atoms with van der Waals surface area (Å²) in [5.41, 5.74) is 0.278. The van der Waals surface area contributed by atoms with E-state index in [1.807, 2.05) is 0 Å². The van der Waals surface area contributed by atoms with Crippen LogP contribution in [0.15, 0.2) is 5.38 Å². The van der Waals surface area contributed by atoms with Crippen molar-refractivity contribution in [1.29, 1.82) is 0 Å². The first-order valence-corrected chi connectivity index (χ1v) is 7.65. The van der Waals surface area contributed by atoms with Crippen molar-refractivity contribution in [1.82, 2.24) is 9.88 Å². The molecule has 0 bridgehead atoms. The predicted octanol–water partition coefficient (Wildman–Crippen LogP) is 1.95. The first-order chi connectivity index (χ1) is 9.97. The molecule has 0 fully saturated rings. The van der Waals surface area contributed by atoms with Crippen LogP contribution in [0.2, 0.25) is 0 Å². The van der Waals surface area contributed by atoms with Gasteiger partial charge in [-0.15, -0.1) is 11.3 Å². The molecule has 0 saturated carbocycles. The largest absolute Gasteiger partial charge is 0.464 e. The van der Waals surface area contributed by atoms with Crippen LogP contribution in [0.25, 0.3) is 0 Å². The molecular weight excluding hydrogens is 292 g/mol. The molecule has 1 aromatic rings. The summed E-state index contributed by atoms with van der Waals surface area (Å²) in [4.78, 5) is 29.3. The van der Waals surface area contributed by atoms with Gasteiger partial charge in [-0.1, -0.05) is 13.8 Å². The molecule has 21 heavy (non-hydrogen) atoms. The van der Waals surface area contributed by atoms with E-state index in [0.717, 1.165) is 6.42 Å². The van der Waals surface area contributed by atoms with Gasteiger partial charge in [0.1, 0.15) is 11.6 Å². The third-order valence-electron chi connectivity index (χ3n) is 2.87. The van der Waals surface area contributed by atoms with Crippen molar-refractivity contribution < 1.29 is 19.1 Å². The molecular formula is C14H22N2O4S. The van der Waals surface area contributed by atoms with E-state index in [9.17, 15) is 9.59 Å². The molecule has 0 aliphatic carbocycles. The van der Waals surface area contributed by atoms with E-state index in [0.29, 0.717) is 24.0 Å². The highest BCUT2D eigenvalue weighted by atomic mass is 32.1. The molecule has 1 aromatic heterocycles. The van der Waals surface area contributed by atoms with Crippen molar-refractivity contribution in [3.8, 4) is 0 Å². The van der Waals surface area contributed by atoms with Gasteiger partial charge in [0.2, 0.25) is 5.91 Å². The van der Waals surface area contributed by atoms with Crippen LogP contribution in [0.1, 0.15) is 35.8 Å². The Kier molecular flexibility index (Phi) is 7.31. The van der Waals surface area contributed by atoms with Crippen LogP contribution in [0.3, 0.4) is 0 Å². The third kappa shape index (κ3) is 5.81. The highest BCUT2D eigenvalue weighted by Gasteiger charge is 2.17. The zero-order valence-corrected chi connectivity index (χ0v) is 13.7. The Morgan fingerprint density at radius 3 is 2.67 bits per heavy atom. The number of carbonyl (C=O) groups is 2. The average molecular weight is 314 g/mol. The maximum absolute atomic E-state index is 12.0.